The maximum atomic E-state index is 14.5. The maximum absolute atomic E-state index is 14.5. The predicted octanol–water partition coefficient (Wildman–Crippen LogP) is 15.0. The van der Waals surface area contributed by atoms with Crippen molar-refractivity contribution in [3.8, 4) is 0 Å². The smallest absolute Gasteiger partial charge is 0.440 e. The largest absolute Gasteiger partial charge is 0.442 e. The summed E-state index contributed by atoms with van der Waals surface area (Å²) in [6.45, 7) is 14.3. The molecule has 0 saturated carbocycles. The molecule has 442 valence electrons. The van der Waals surface area contributed by atoms with Gasteiger partial charge in [0.05, 0.1) is 22.3 Å². The summed E-state index contributed by atoms with van der Waals surface area (Å²) in [5.74, 6) is -2.09. The Kier molecular flexibility index (Phi) is 22.4. The minimum atomic E-state index is -6.29. The highest BCUT2D eigenvalue weighted by atomic mass is 127. The van der Waals surface area contributed by atoms with Crippen LogP contribution >= 0.6 is 56.9 Å². The van der Waals surface area contributed by atoms with Gasteiger partial charge in [-0.25, -0.2) is 13.6 Å². The fourth-order valence-electron chi connectivity index (χ4n) is 7.42. The lowest BCUT2D eigenvalue weighted by Crippen LogP contribution is -2.50. The average molecular weight is 1420 g/mol. The van der Waals surface area contributed by atoms with Crippen LogP contribution in [0.25, 0.3) is 0 Å². The van der Waals surface area contributed by atoms with E-state index in [0.717, 1.165) is 26.0 Å². The summed E-state index contributed by atoms with van der Waals surface area (Å²) >= 11 is 5.21. The molecule has 4 aromatic carbocycles. The van der Waals surface area contributed by atoms with E-state index >= 15 is 0 Å². The van der Waals surface area contributed by atoms with Gasteiger partial charge in [0.25, 0.3) is 23.6 Å². The number of amides is 5. The zero-order chi connectivity index (χ0) is 61.7. The van der Waals surface area contributed by atoms with Gasteiger partial charge in [-0.3, -0.25) is 19.2 Å². The van der Waals surface area contributed by atoms with Crippen LogP contribution in [0.3, 0.4) is 0 Å². The lowest BCUT2D eigenvalue weighted by molar-refractivity contribution is -0.349. The minimum Gasteiger partial charge on any atom is -0.442 e. The van der Waals surface area contributed by atoms with E-state index in [1.54, 1.807) is 66.9 Å². The molecule has 29 heteroatoms. The Morgan fingerprint density at radius 2 is 0.900 bits per heavy atom. The summed E-state index contributed by atoms with van der Waals surface area (Å²) in [4.78, 5) is 64.7. The van der Waals surface area contributed by atoms with E-state index in [1.165, 1.54) is 36.0 Å². The number of alkyl halides is 14. The van der Waals surface area contributed by atoms with Gasteiger partial charge in [-0.15, -0.1) is 0 Å². The van der Waals surface area contributed by atoms with Crippen LogP contribution in [-0.2, 0) is 26.8 Å². The second-order valence-electron chi connectivity index (χ2n) is 20.0. The number of thioether (sulfide) groups is 1. The molecular formula is C51H53F14I2N5O6S2. The Morgan fingerprint density at radius 3 is 1.21 bits per heavy atom. The number of nitrogens with zero attached hydrogens (tertiary/aromatic N) is 1. The molecule has 0 aromatic heterocycles. The second-order valence-corrected chi connectivity index (χ2v) is 24.9. The number of anilines is 2. The Morgan fingerprint density at radius 1 is 0.550 bits per heavy atom. The molecule has 1 atom stereocenters. The van der Waals surface area contributed by atoms with Gasteiger partial charge in [-0.1, -0.05) is 47.1 Å². The molecule has 0 aliphatic rings. The summed E-state index contributed by atoms with van der Waals surface area (Å²) in [6.07, 6.45) is -22.3. The zero-order valence-electron chi connectivity index (χ0n) is 44.1. The first kappa shape index (κ1) is 69.5. The topological polar surface area (TPSA) is 155 Å². The van der Waals surface area contributed by atoms with Gasteiger partial charge in [0, 0.05) is 52.2 Å². The number of carbonyl (C=O) groups excluding carboxylic acids is 5. The van der Waals surface area contributed by atoms with Gasteiger partial charge in [0.15, 0.2) is 0 Å². The van der Waals surface area contributed by atoms with E-state index in [1.807, 2.05) is 51.4 Å². The summed E-state index contributed by atoms with van der Waals surface area (Å²) in [6, 6.07) is 11.6. The number of aryl methyl sites for hydroxylation is 2. The second kappa shape index (κ2) is 25.8. The number of ether oxygens (including phenoxy) is 1. The number of hydrogen-bond donors (Lipinski definition) is 4. The number of nitrogens with one attached hydrogen (secondary N) is 4. The van der Waals surface area contributed by atoms with Crippen molar-refractivity contribution in [2.24, 2.45) is 4.36 Å². The Hall–Kier alpha value is -4.79. The van der Waals surface area contributed by atoms with Crippen molar-refractivity contribution in [2.45, 2.75) is 115 Å². The molecule has 0 aliphatic heterocycles. The van der Waals surface area contributed by atoms with Crippen molar-refractivity contribution < 1.29 is 90.2 Å². The van der Waals surface area contributed by atoms with Crippen LogP contribution in [0.5, 0.6) is 0 Å². The molecule has 5 amide bonds. The predicted molar refractivity (Wildman–Crippen MR) is 295 cm³/mol. The monoisotopic (exact) mass is 1420 g/mol. The van der Waals surface area contributed by atoms with E-state index in [0.29, 0.717) is 37.2 Å². The Balaban J connectivity index is 0.000000429. The molecule has 4 aromatic rings. The summed E-state index contributed by atoms with van der Waals surface area (Å²) < 4.78 is 196. The minimum absolute atomic E-state index is 0.0510. The first-order valence-corrected chi connectivity index (χ1v) is 28.2. The van der Waals surface area contributed by atoms with Crippen LogP contribution in [0.15, 0.2) is 77.2 Å². The Bertz CT molecular complexity index is 2990. The summed E-state index contributed by atoms with van der Waals surface area (Å²) in [5, 5.41) is 10.4. The van der Waals surface area contributed by atoms with E-state index in [2.05, 4.69) is 25.6 Å². The molecule has 0 fully saturated rings. The highest BCUT2D eigenvalue weighted by Crippen LogP contribution is 2.55. The molecule has 0 aliphatic carbocycles. The van der Waals surface area contributed by atoms with Crippen molar-refractivity contribution >= 4 is 109 Å². The van der Waals surface area contributed by atoms with E-state index < -0.39 is 104 Å². The molecule has 0 heterocycles. The molecular weight excluding hydrogens is 1360 g/mol. The normalized spacial score (nSPS) is 13.4. The summed E-state index contributed by atoms with van der Waals surface area (Å²) in [5.41, 5.74) is -17.9. The molecule has 80 heavy (non-hydrogen) atoms. The third-order valence-corrected chi connectivity index (χ3v) is 15.3. The molecule has 11 nitrogen and oxygen atoms in total. The lowest BCUT2D eigenvalue weighted by atomic mass is 9.92. The van der Waals surface area contributed by atoms with Gasteiger partial charge in [0.1, 0.15) is 5.60 Å². The van der Waals surface area contributed by atoms with Crippen molar-refractivity contribution in [1.29, 1.82) is 0 Å². The van der Waals surface area contributed by atoms with Crippen molar-refractivity contribution in [3.05, 3.63) is 124 Å². The van der Waals surface area contributed by atoms with Crippen molar-refractivity contribution in [2.75, 3.05) is 34.7 Å². The molecule has 4 N–H and O–H groups in total. The van der Waals surface area contributed by atoms with Gasteiger partial charge in [0.2, 0.25) is 0 Å². The quantitative estimate of drug-likeness (QED) is 0.0724. The molecule has 0 radical (unpaired) electrons. The average Bonchev–Trinajstić information content (AvgIpc) is 3.26. The van der Waals surface area contributed by atoms with Gasteiger partial charge in [-0.2, -0.15) is 68.8 Å². The maximum Gasteiger partial charge on any atom is 0.440 e. The van der Waals surface area contributed by atoms with Crippen LogP contribution in [0.2, 0.25) is 0 Å². The van der Waals surface area contributed by atoms with Gasteiger partial charge in [-0.05, 0) is 168 Å². The molecule has 0 spiro atoms. The number of rotatable bonds is 14. The number of halogens is 16. The van der Waals surface area contributed by atoms with E-state index in [-0.39, 0.29) is 50.5 Å². The number of benzene rings is 4. The van der Waals surface area contributed by atoms with Gasteiger partial charge >= 0.3 is 42.1 Å². The highest BCUT2D eigenvalue weighted by Gasteiger charge is 2.74. The fourth-order valence-corrected chi connectivity index (χ4v) is 11.2. The molecule has 1 unspecified atom stereocenters. The fraction of sp³-hybridized carbons (Fsp3) is 0.431. The SMILES string of the molecule is CSCC(C)(C)NC(=O)c1c(I)cccc1C(=O)Nc1ccc(C(F)(C(F)(F)F)C(F)(F)F)cc1C.Cc1cc(C(F)(C(F)(F)F)C(F)(F)F)ccc1NC(=O)c1cccc(I)c1C(=O)NC(C)(C)CS(C)=NC(=O)OC(C)(C)C. The third kappa shape index (κ3) is 17.1. The summed E-state index contributed by atoms with van der Waals surface area (Å²) in [7, 11) is -0.859. The van der Waals surface area contributed by atoms with E-state index in [9.17, 15) is 85.4 Å². The van der Waals surface area contributed by atoms with Crippen LogP contribution in [0, 0.1) is 21.0 Å². The van der Waals surface area contributed by atoms with Crippen molar-refractivity contribution in [1.82, 2.24) is 10.6 Å². The van der Waals surface area contributed by atoms with Crippen LogP contribution in [0.4, 0.5) is 77.6 Å². The highest BCUT2D eigenvalue weighted by molar-refractivity contribution is 14.1. The van der Waals surface area contributed by atoms with Gasteiger partial charge < -0.3 is 26.0 Å². The first-order chi connectivity index (χ1) is 36.1. The van der Waals surface area contributed by atoms with Crippen molar-refractivity contribution in [3.63, 3.8) is 0 Å². The van der Waals surface area contributed by atoms with Crippen LogP contribution in [0.1, 0.15) is 112 Å². The van der Waals surface area contributed by atoms with Crippen LogP contribution in [-0.4, -0.2) is 95.1 Å². The first-order valence-electron chi connectivity index (χ1n) is 22.9. The standard InChI is InChI=1S/C28H31F7IN3O4S.C23H22F7IN2O2S/c1-15-13-16(26(29,27(30,31)32)28(33,34)35)11-12-19(15)37-21(40)17-9-8-10-18(36)20(17)22(41)38-25(5,6)14-44(7)39-23(42)43-24(2,3)4;1-12-10-13(21(24,22(25,26)27)23(28,29)30)8-9-16(12)32-18(34)14-6-5-7-15(31)17(14)19(35)33-20(2,3)11-36-4/h8-13H,14H2,1-7H3,(H,37,40)(H,38,41);5-10H,11H2,1-4H3,(H,32,34)(H,33,35). The van der Waals surface area contributed by atoms with E-state index in [4.69, 9.17) is 4.74 Å². The van der Waals surface area contributed by atoms with Crippen LogP contribution < -0.4 is 21.3 Å². The Labute approximate surface area is 485 Å². The molecule has 4 rings (SSSR count). The molecule has 0 bridgehead atoms. The zero-order valence-corrected chi connectivity index (χ0v) is 50.1. The molecule has 0 saturated heterocycles. The third-order valence-electron chi connectivity index (χ3n) is 10.9. The lowest BCUT2D eigenvalue weighted by Gasteiger charge is -2.30. The number of hydrogen-bond acceptors (Lipinski definition) is 7. The number of carbonyl (C=O) groups is 5.